The molecule has 8 heteroatoms. The molecule has 0 aromatic heterocycles. The van der Waals surface area contributed by atoms with E-state index in [0.717, 1.165) is 11.8 Å². The highest BCUT2D eigenvalue weighted by atomic mass is 35.5. The SMILES string of the molecule is COc1ccccc1C(C)NC(=O)CCCN(c1cccc(Cl)c1C)S(C)(=O)=O. The van der Waals surface area contributed by atoms with Crippen LogP contribution in [0.5, 0.6) is 5.75 Å². The molecule has 0 radical (unpaired) electrons. The summed E-state index contributed by atoms with van der Waals surface area (Å²) in [4.78, 5) is 12.4. The Morgan fingerprint density at radius 3 is 2.55 bits per heavy atom. The van der Waals surface area contributed by atoms with Gasteiger partial charge in [-0.2, -0.15) is 0 Å². The number of sulfonamides is 1. The highest BCUT2D eigenvalue weighted by Crippen LogP contribution is 2.28. The van der Waals surface area contributed by atoms with Gasteiger partial charge in [-0.1, -0.05) is 35.9 Å². The molecule has 2 aromatic carbocycles. The first-order valence-electron chi connectivity index (χ1n) is 9.30. The topological polar surface area (TPSA) is 75.7 Å². The van der Waals surface area contributed by atoms with E-state index < -0.39 is 10.0 Å². The Labute approximate surface area is 177 Å². The fourth-order valence-corrected chi connectivity index (χ4v) is 4.32. The van der Waals surface area contributed by atoms with Crippen LogP contribution in [0.2, 0.25) is 5.02 Å². The van der Waals surface area contributed by atoms with Crippen LogP contribution in [-0.4, -0.2) is 34.2 Å². The molecule has 158 valence electrons. The van der Waals surface area contributed by atoms with E-state index in [0.29, 0.717) is 28.4 Å². The molecule has 0 aliphatic heterocycles. The van der Waals surface area contributed by atoms with Crippen LogP contribution in [0.1, 0.15) is 36.9 Å². The monoisotopic (exact) mass is 438 g/mol. The van der Waals surface area contributed by atoms with Crippen molar-refractivity contribution in [3.8, 4) is 5.75 Å². The van der Waals surface area contributed by atoms with Crippen molar-refractivity contribution < 1.29 is 17.9 Å². The van der Waals surface area contributed by atoms with Crippen LogP contribution in [0.25, 0.3) is 0 Å². The number of para-hydroxylation sites is 1. The number of methoxy groups -OCH3 is 1. The number of ether oxygens (including phenoxy) is 1. The molecule has 6 nitrogen and oxygen atoms in total. The number of halogens is 1. The number of anilines is 1. The zero-order chi connectivity index (χ0) is 21.6. The van der Waals surface area contributed by atoms with E-state index in [-0.39, 0.29) is 24.9 Å². The lowest BCUT2D eigenvalue weighted by atomic mass is 10.1. The van der Waals surface area contributed by atoms with Crippen LogP contribution in [0.3, 0.4) is 0 Å². The second-order valence-corrected chi connectivity index (χ2v) is 9.17. The van der Waals surface area contributed by atoms with E-state index in [9.17, 15) is 13.2 Å². The highest BCUT2D eigenvalue weighted by molar-refractivity contribution is 7.92. The minimum Gasteiger partial charge on any atom is -0.496 e. The molecule has 0 spiro atoms. The smallest absolute Gasteiger partial charge is 0.232 e. The molecule has 1 amide bonds. The average molecular weight is 439 g/mol. The molecule has 0 aliphatic rings. The third-order valence-electron chi connectivity index (χ3n) is 4.66. The van der Waals surface area contributed by atoms with E-state index in [1.807, 2.05) is 31.2 Å². The predicted molar refractivity (Wildman–Crippen MR) is 117 cm³/mol. The van der Waals surface area contributed by atoms with Gasteiger partial charge in [0, 0.05) is 23.6 Å². The van der Waals surface area contributed by atoms with Gasteiger partial charge in [-0.25, -0.2) is 8.42 Å². The predicted octanol–water partition coefficient (Wildman–Crippen LogP) is 4.08. The molecule has 0 fully saturated rings. The lowest BCUT2D eigenvalue weighted by molar-refractivity contribution is -0.121. The molecule has 0 bridgehead atoms. The maximum Gasteiger partial charge on any atom is 0.232 e. The quantitative estimate of drug-likeness (QED) is 0.640. The molecule has 1 atom stereocenters. The van der Waals surface area contributed by atoms with Gasteiger partial charge in [0.05, 0.1) is 25.1 Å². The first kappa shape index (κ1) is 23.0. The van der Waals surface area contributed by atoms with E-state index in [1.54, 1.807) is 32.2 Å². The largest absolute Gasteiger partial charge is 0.496 e. The van der Waals surface area contributed by atoms with Crippen molar-refractivity contribution >= 4 is 33.2 Å². The number of carbonyl (C=O) groups excluding carboxylic acids is 1. The van der Waals surface area contributed by atoms with Crippen molar-refractivity contribution in [3.63, 3.8) is 0 Å². The molecule has 0 heterocycles. The molecular formula is C21H27ClN2O4S. The molecular weight excluding hydrogens is 412 g/mol. The Hall–Kier alpha value is -2.25. The highest BCUT2D eigenvalue weighted by Gasteiger charge is 2.21. The summed E-state index contributed by atoms with van der Waals surface area (Å²) in [6.07, 6.45) is 1.73. The standard InChI is InChI=1S/C21H27ClN2O4S/c1-15-18(22)10-7-11-19(15)24(29(4,26)27)14-8-13-21(25)23-16(2)17-9-5-6-12-20(17)28-3/h5-7,9-12,16H,8,13-14H2,1-4H3,(H,23,25). The maximum atomic E-state index is 12.4. The number of hydrogen-bond donors (Lipinski definition) is 1. The molecule has 0 saturated carbocycles. The van der Waals surface area contributed by atoms with Crippen LogP contribution in [0.15, 0.2) is 42.5 Å². The van der Waals surface area contributed by atoms with Crippen molar-refractivity contribution in [2.45, 2.75) is 32.7 Å². The Balaban J connectivity index is 2.01. The molecule has 1 N–H and O–H groups in total. The van der Waals surface area contributed by atoms with Crippen LogP contribution in [0, 0.1) is 6.92 Å². The number of nitrogens with zero attached hydrogens (tertiary/aromatic N) is 1. The Morgan fingerprint density at radius 2 is 1.90 bits per heavy atom. The van der Waals surface area contributed by atoms with E-state index in [1.165, 1.54) is 4.31 Å². The van der Waals surface area contributed by atoms with E-state index >= 15 is 0 Å². The summed E-state index contributed by atoms with van der Waals surface area (Å²) in [6.45, 7) is 3.85. The third-order valence-corrected chi connectivity index (χ3v) is 6.25. The van der Waals surface area contributed by atoms with Crippen LogP contribution in [0.4, 0.5) is 5.69 Å². The molecule has 1 unspecified atom stereocenters. The van der Waals surface area contributed by atoms with Crippen LogP contribution >= 0.6 is 11.6 Å². The van der Waals surface area contributed by atoms with E-state index in [2.05, 4.69) is 5.32 Å². The van der Waals surface area contributed by atoms with Crippen molar-refractivity contribution in [1.29, 1.82) is 0 Å². The molecule has 2 aromatic rings. The van der Waals surface area contributed by atoms with Gasteiger partial charge < -0.3 is 10.1 Å². The number of nitrogens with one attached hydrogen (secondary N) is 1. The molecule has 0 aliphatic carbocycles. The van der Waals surface area contributed by atoms with Crippen molar-refractivity contribution in [3.05, 3.63) is 58.6 Å². The first-order valence-corrected chi connectivity index (χ1v) is 11.5. The van der Waals surface area contributed by atoms with Gasteiger partial charge in [0.1, 0.15) is 5.75 Å². The van der Waals surface area contributed by atoms with Gasteiger partial charge in [-0.3, -0.25) is 9.10 Å². The summed E-state index contributed by atoms with van der Waals surface area (Å²) < 4.78 is 31.2. The summed E-state index contributed by atoms with van der Waals surface area (Å²) in [6, 6.07) is 12.4. The van der Waals surface area contributed by atoms with Crippen molar-refractivity contribution in [2.24, 2.45) is 0 Å². The summed E-state index contributed by atoms with van der Waals surface area (Å²) in [5.74, 6) is 0.555. The third kappa shape index (κ3) is 6.11. The second kappa shape index (κ2) is 9.98. The van der Waals surface area contributed by atoms with Gasteiger partial charge in [0.15, 0.2) is 0 Å². The van der Waals surface area contributed by atoms with Crippen LogP contribution < -0.4 is 14.4 Å². The molecule has 2 rings (SSSR count). The number of amides is 1. The minimum atomic E-state index is -3.50. The summed E-state index contributed by atoms with van der Waals surface area (Å²) in [5, 5.41) is 3.44. The molecule has 29 heavy (non-hydrogen) atoms. The van der Waals surface area contributed by atoms with Crippen LogP contribution in [-0.2, 0) is 14.8 Å². The average Bonchev–Trinajstić information content (AvgIpc) is 2.66. The Morgan fingerprint density at radius 1 is 1.21 bits per heavy atom. The summed E-state index contributed by atoms with van der Waals surface area (Å²) in [5.41, 5.74) is 2.10. The fraction of sp³-hybridized carbons (Fsp3) is 0.381. The lowest BCUT2D eigenvalue weighted by Gasteiger charge is -2.24. The van der Waals surface area contributed by atoms with Gasteiger partial charge in [0.25, 0.3) is 0 Å². The number of rotatable bonds is 9. The fourth-order valence-electron chi connectivity index (χ4n) is 3.13. The van der Waals surface area contributed by atoms with E-state index in [4.69, 9.17) is 16.3 Å². The maximum absolute atomic E-state index is 12.4. The van der Waals surface area contributed by atoms with Gasteiger partial charge in [0.2, 0.25) is 15.9 Å². The van der Waals surface area contributed by atoms with Gasteiger partial charge in [-0.15, -0.1) is 0 Å². The number of carbonyl (C=O) groups is 1. The zero-order valence-electron chi connectivity index (χ0n) is 17.1. The van der Waals surface area contributed by atoms with Crippen molar-refractivity contribution in [2.75, 3.05) is 24.2 Å². The number of benzene rings is 2. The Kier molecular flexibility index (Phi) is 7.93. The number of hydrogen-bond acceptors (Lipinski definition) is 4. The summed E-state index contributed by atoms with van der Waals surface area (Å²) >= 11 is 6.14. The minimum absolute atomic E-state index is 0.153. The normalized spacial score (nSPS) is 12.3. The summed E-state index contributed by atoms with van der Waals surface area (Å²) in [7, 11) is -1.92. The second-order valence-electron chi connectivity index (χ2n) is 6.85. The van der Waals surface area contributed by atoms with Gasteiger partial charge in [-0.05, 0) is 44.0 Å². The Bertz CT molecular complexity index is 963. The first-order chi connectivity index (χ1) is 13.6. The van der Waals surface area contributed by atoms with Gasteiger partial charge >= 0.3 is 0 Å². The van der Waals surface area contributed by atoms with Crippen molar-refractivity contribution in [1.82, 2.24) is 5.32 Å². The molecule has 0 saturated heterocycles. The zero-order valence-corrected chi connectivity index (χ0v) is 18.7. The lowest BCUT2D eigenvalue weighted by Crippen LogP contribution is -2.33.